The Morgan fingerprint density at radius 2 is 1.96 bits per heavy atom. The van der Waals surface area contributed by atoms with Crippen molar-refractivity contribution in [3.05, 3.63) is 71.4 Å². The Morgan fingerprint density at radius 1 is 1.17 bits per heavy atom. The highest BCUT2D eigenvalue weighted by atomic mass is 16.3. The van der Waals surface area contributed by atoms with Crippen LogP contribution < -0.4 is 5.32 Å². The molecule has 4 heteroatoms. The lowest BCUT2D eigenvalue weighted by Crippen LogP contribution is -2.27. The van der Waals surface area contributed by atoms with Gasteiger partial charge in [-0.15, -0.1) is 0 Å². The minimum Gasteiger partial charge on any atom is -0.388 e. The summed E-state index contributed by atoms with van der Waals surface area (Å²) in [6, 6.07) is 15.4. The monoisotopic (exact) mass is 322 g/mol. The van der Waals surface area contributed by atoms with Crippen molar-refractivity contribution in [3.63, 3.8) is 0 Å². The van der Waals surface area contributed by atoms with E-state index in [4.69, 9.17) is 0 Å². The molecule has 0 saturated carbocycles. The molecule has 0 spiro atoms. The molecule has 0 aliphatic rings. The van der Waals surface area contributed by atoms with Crippen molar-refractivity contribution in [2.45, 2.75) is 25.9 Å². The van der Waals surface area contributed by atoms with Gasteiger partial charge in [0, 0.05) is 23.6 Å². The number of hydrogen-bond donors (Lipinski definition) is 3. The van der Waals surface area contributed by atoms with E-state index in [1.165, 1.54) is 16.5 Å². The van der Waals surface area contributed by atoms with Crippen LogP contribution in [-0.2, 0) is 11.2 Å². The summed E-state index contributed by atoms with van der Waals surface area (Å²) in [5, 5.41) is 14.2. The van der Waals surface area contributed by atoms with Crippen molar-refractivity contribution in [2.75, 3.05) is 6.54 Å². The molecule has 1 aromatic heterocycles. The SMILES string of the molecule is Cc1cccc2[nH]cc(CCNC(=O)CC(O)c3ccccc3)c12. The van der Waals surface area contributed by atoms with Gasteiger partial charge in [0.1, 0.15) is 0 Å². The Labute approximate surface area is 141 Å². The third-order valence-electron chi connectivity index (χ3n) is 4.28. The van der Waals surface area contributed by atoms with Gasteiger partial charge in [0.2, 0.25) is 5.91 Å². The van der Waals surface area contributed by atoms with Gasteiger partial charge in [-0.3, -0.25) is 4.79 Å². The van der Waals surface area contributed by atoms with Crippen molar-refractivity contribution in [1.29, 1.82) is 0 Å². The number of aliphatic hydroxyl groups excluding tert-OH is 1. The van der Waals surface area contributed by atoms with E-state index >= 15 is 0 Å². The molecule has 124 valence electrons. The molecule has 3 N–H and O–H groups in total. The van der Waals surface area contributed by atoms with E-state index in [0.29, 0.717) is 6.54 Å². The normalized spacial score (nSPS) is 12.2. The summed E-state index contributed by atoms with van der Waals surface area (Å²) in [6.45, 7) is 2.65. The maximum atomic E-state index is 12.0. The van der Waals surface area contributed by atoms with Gasteiger partial charge in [-0.05, 0) is 36.1 Å². The first kappa shape index (κ1) is 16.3. The molecule has 4 nitrogen and oxygen atoms in total. The number of aromatic nitrogens is 1. The molecule has 0 aliphatic carbocycles. The number of amides is 1. The van der Waals surface area contributed by atoms with Gasteiger partial charge in [0.05, 0.1) is 12.5 Å². The zero-order valence-corrected chi connectivity index (χ0v) is 13.8. The molecule has 0 radical (unpaired) electrons. The smallest absolute Gasteiger partial charge is 0.222 e. The Bertz CT molecular complexity index is 824. The molecule has 0 bridgehead atoms. The summed E-state index contributed by atoms with van der Waals surface area (Å²) < 4.78 is 0. The summed E-state index contributed by atoms with van der Waals surface area (Å²) in [5.41, 5.74) is 4.32. The molecular weight excluding hydrogens is 300 g/mol. The van der Waals surface area contributed by atoms with Crippen LogP contribution in [0.2, 0.25) is 0 Å². The van der Waals surface area contributed by atoms with E-state index < -0.39 is 6.10 Å². The van der Waals surface area contributed by atoms with E-state index in [-0.39, 0.29) is 12.3 Å². The zero-order chi connectivity index (χ0) is 16.9. The third kappa shape index (κ3) is 3.66. The first-order valence-corrected chi connectivity index (χ1v) is 8.20. The van der Waals surface area contributed by atoms with E-state index in [9.17, 15) is 9.90 Å². The fraction of sp³-hybridized carbons (Fsp3) is 0.250. The Hall–Kier alpha value is -2.59. The van der Waals surface area contributed by atoms with Gasteiger partial charge in [-0.2, -0.15) is 0 Å². The fourth-order valence-electron chi connectivity index (χ4n) is 3.03. The molecule has 0 aliphatic heterocycles. The average molecular weight is 322 g/mol. The zero-order valence-electron chi connectivity index (χ0n) is 13.8. The number of aromatic amines is 1. The summed E-state index contributed by atoms with van der Waals surface area (Å²) in [4.78, 5) is 15.3. The van der Waals surface area contributed by atoms with Crippen molar-refractivity contribution in [3.8, 4) is 0 Å². The van der Waals surface area contributed by atoms with E-state index in [0.717, 1.165) is 17.5 Å². The second-order valence-corrected chi connectivity index (χ2v) is 6.04. The summed E-state index contributed by atoms with van der Waals surface area (Å²) in [7, 11) is 0. The highest BCUT2D eigenvalue weighted by molar-refractivity contribution is 5.86. The number of aliphatic hydroxyl groups is 1. The topological polar surface area (TPSA) is 65.1 Å². The molecule has 2 aromatic carbocycles. The van der Waals surface area contributed by atoms with Gasteiger partial charge in [-0.25, -0.2) is 0 Å². The number of H-pyrrole nitrogens is 1. The van der Waals surface area contributed by atoms with Gasteiger partial charge in [0.25, 0.3) is 0 Å². The lowest BCUT2D eigenvalue weighted by molar-refractivity contribution is -0.123. The average Bonchev–Trinajstić information content (AvgIpc) is 3.00. The van der Waals surface area contributed by atoms with Gasteiger partial charge in [-0.1, -0.05) is 42.5 Å². The lowest BCUT2D eigenvalue weighted by atomic mass is 10.1. The quantitative estimate of drug-likeness (QED) is 0.652. The summed E-state index contributed by atoms with van der Waals surface area (Å²) >= 11 is 0. The van der Waals surface area contributed by atoms with E-state index in [1.54, 1.807) is 0 Å². The molecule has 24 heavy (non-hydrogen) atoms. The number of carbonyl (C=O) groups is 1. The molecular formula is C20H22N2O2. The first-order chi connectivity index (χ1) is 11.6. The molecule has 0 fully saturated rings. The van der Waals surface area contributed by atoms with Crippen molar-refractivity contribution < 1.29 is 9.90 Å². The van der Waals surface area contributed by atoms with Crippen molar-refractivity contribution in [2.24, 2.45) is 0 Å². The number of aryl methyl sites for hydroxylation is 1. The Balaban J connectivity index is 1.53. The van der Waals surface area contributed by atoms with Crippen LogP contribution in [-0.4, -0.2) is 22.5 Å². The summed E-state index contributed by atoms with van der Waals surface area (Å²) in [5.74, 6) is -0.136. The number of rotatable bonds is 6. The fourth-order valence-corrected chi connectivity index (χ4v) is 3.03. The minimum atomic E-state index is -0.762. The lowest BCUT2D eigenvalue weighted by Gasteiger charge is -2.11. The largest absolute Gasteiger partial charge is 0.388 e. The molecule has 3 rings (SSSR count). The number of fused-ring (bicyclic) bond motifs is 1. The van der Waals surface area contributed by atoms with Crippen LogP contribution >= 0.6 is 0 Å². The number of benzene rings is 2. The second kappa shape index (κ2) is 7.32. The molecule has 3 aromatic rings. The minimum absolute atomic E-state index is 0.0803. The van der Waals surface area contributed by atoms with E-state index in [2.05, 4.69) is 29.4 Å². The maximum absolute atomic E-state index is 12.0. The van der Waals surface area contributed by atoms with Gasteiger partial charge in [0.15, 0.2) is 0 Å². The first-order valence-electron chi connectivity index (χ1n) is 8.20. The van der Waals surface area contributed by atoms with Crippen LogP contribution in [0.25, 0.3) is 10.9 Å². The predicted molar refractivity (Wildman–Crippen MR) is 95.8 cm³/mol. The highest BCUT2D eigenvalue weighted by Gasteiger charge is 2.12. The molecule has 1 amide bonds. The standard InChI is InChI=1S/C20H22N2O2/c1-14-6-5-9-17-20(14)16(13-22-17)10-11-21-19(24)12-18(23)15-7-3-2-4-8-15/h2-9,13,18,22-23H,10-12H2,1H3,(H,21,24). The number of carbonyl (C=O) groups excluding carboxylic acids is 1. The van der Waals surface area contributed by atoms with Gasteiger partial charge < -0.3 is 15.4 Å². The van der Waals surface area contributed by atoms with E-state index in [1.807, 2.05) is 42.6 Å². The summed E-state index contributed by atoms with van der Waals surface area (Å²) in [6.07, 6.45) is 2.08. The molecule has 0 saturated heterocycles. The van der Waals surface area contributed by atoms with Crippen LogP contribution in [0.5, 0.6) is 0 Å². The van der Waals surface area contributed by atoms with Crippen LogP contribution in [0.4, 0.5) is 0 Å². The van der Waals surface area contributed by atoms with Crippen molar-refractivity contribution in [1.82, 2.24) is 10.3 Å². The molecule has 1 heterocycles. The van der Waals surface area contributed by atoms with Crippen LogP contribution in [0.15, 0.2) is 54.7 Å². The Kier molecular flexibility index (Phi) is 4.96. The van der Waals surface area contributed by atoms with Crippen molar-refractivity contribution >= 4 is 16.8 Å². The second-order valence-electron chi connectivity index (χ2n) is 6.04. The highest BCUT2D eigenvalue weighted by Crippen LogP contribution is 2.22. The number of hydrogen-bond acceptors (Lipinski definition) is 2. The van der Waals surface area contributed by atoms with Crippen LogP contribution in [0, 0.1) is 6.92 Å². The molecule has 1 atom stereocenters. The van der Waals surface area contributed by atoms with Crippen LogP contribution in [0.3, 0.4) is 0 Å². The van der Waals surface area contributed by atoms with Gasteiger partial charge >= 0.3 is 0 Å². The number of nitrogens with one attached hydrogen (secondary N) is 2. The third-order valence-corrected chi connectivity index (χ3v) is 4.28. The van der Waals surface area contributed by atoms with Crippen LogP contribution in [0.1, 0.15) is 29.2 Å². The Morgan fingerprint density at radius 3 is 2.75 bits per heavy atom. The molecule has 1 unspecified atom stereocenters. The maximum Gasteiger partial charge on any atom is 0.222 e. The predicted octanol–water partition coefficient (Wildman–Crippen LogP) is 3.26.